The van der Waals surface area contributed by atoms with Gasteiger partial charge < -0.3 is 10.1 Å². The van der Waals surface area contributed by atoms with Gasteiger partial charge in [0.15, 0.2) is 0 Å². The highest BCUT2D eigenvalue weighted by Crippen LogP contribution is 2.26. The Morgan fingerprint density at radius 3 is 2.67 bits per heavy atom. The zero-order chi connectivity index (χ0) is 15.7. The number of nitrogens with one attached hydrogen (secondary N) is 1. The maximum atomic E-state index is 11.4. The van der Waals surface area contributed by atoms with E-state index in [0.717, 1.165) is 29.7 Å². The predicted octanol–water partition coefficient (Wildman–Crippen LogP) is 3.15. The molecule has 4 nitrogen and oxygen atoms in total. The second-order valence-corrected chi connectivity index (χ2v) is 8.21. The molecule has 21 heavy (non-hydrogen) atoms. The fourth-order valence-electron chi connectivity index (χ4n) is 1.79. The number of hydrogen-bond donors (Lipinski definition) is 1. The summed E-state index contributed by atoms with van der Waals surface area (Å²) >= 11 is 3.49. The molecule has 0 atom stereocenters. The van der Waals surface area contributed by atoms with E-state index in [4.69, 9.17) is 4.74 Å². The van der Waals surface area contributed by atoms with E-state index in [9.17, 15) is 8.42 Å². The van der Waals surface area contributed by atoms with Gasteiger partial charge in [-0.15, -0.1) is 0 Å². The highest BCUT2D eigenvalue weighted by molar-refractivity contribution is 9.10. The van der Waals surface area contributed by atoms with Crippen LogP contribution in [0.4, 0.5) is 0 Å². The van der Waals surface area contributed by atoms with Gasteiger partial charge in [-0.05, 0) is 53.0 Å². The van der Waals surface area contributed by atoms with E-state index in [1.807, 2.05) is 18.2 Å². The van der Waals surface area contributed by atoms with Crippen molar-refractivity contribution in [3.8, 4) is 5.75 Å². The molecule has 0 radical (unpaired) electrons. The van der Waals surface area contributed by atoms with Crippen molar-refractivity contribution in [1.82, 2.24) is 5.32 Å². The summed E-state index contributed by atoms with van der Waals surface area (Å²) in [7, 11) is -2.90. The second kappa shape index (κ2) is 9.43. The molecule has 0 saturated heterocycles. The van der Waals surface area contributed by atoms with E-state index in [1.54, 1.807) is 6.92 Å². The van der Waals surface area contributed by atoms with E-state index in [-0.39, 0.29) is 11.5 Å². The number of benzene rings is 1. The molecule has 1 aromatic carbocycles. The third-order valence-electron chi connectivity index (χ3n) is 3.05. The molecule has 0 aliphatic heterocycles. The van der Waals surface area contributed by atoms with E-state index >= 15 is 0 Å². The Morgan fingerprint density at radius 2 is 2.05 bits per heavy atom. The molecule has 0 bridgehead atoms. The number of ether oxygens (including phenoxy) is 1. The highest BCUT2D eigenvalue weighted by atomic mass is 79.9. The molecule has 0 unspecified atom stereocenters. The van der Waals surface area contributed by atoms with Crippen molar-refractivity contribution < 1.29 is 13.2 Å². The van der Waals surface area contributed by atoms with Crippen LogP contribution in [0.3, 0.4) is 0 Å². The third kappa shape index (κ3) is 7.29. The van der Waals surface area contributed by atoms with Gasteiger partial charge in [-0.1, -0.05) is 19.9 Å². The first-order valence-corrected chi connectivity index (χ1v) is 9.92. The van der Waals surface area contributed by atoms with Crippen LogP contribution in [0.1, 0.15) is 32.3 Å². The molecule has 0 aliphatic carbocycles. The van der Waals surface area contributed by atoms with Crippen LogP contribution in [0.25, 0.3) is 0 Å². The first kappa shape index (κ1) is 18.5. The van der Waals surface area contributed by atoms with Crippen molar-refractivity contribution >= 4 is 25.8 Å². The molecule has 1 rings (SSSR count). The van der Waals surface area contributed by atoms with Crippen LogP contribution >= 0.6 is 15.9 Å². The minimum atomic E-state index is -2.90. The monoisotopic (exact) mass is 377 g/mol. The minimum Gasteiger partial charge on any atom is -0.492 e. The molecule has 0 aliphatic rings. The van der Waals surface area contributed by atoms with E-state index in [1.165, 1.54) is 5.56 Å². The Morgan fingerprint density at radius 1 is 1.29 bits per heavy atom. The average Bonchev–Trinajstić information content (AvgIpc) is 2.45. The molecule has 0 spiro atoms. The summed E-state index contributed by atoms with van der Waals surface area (Å²) in [5.74, 6) is 1.12. The summed E-state index contributed by atoms with van der Waals surface area (Å²) < 4.78 is 29.3. The number of sulfone groups is 1. The molecule has 0 aromatic heterocycles. The lowest BCUT2D eigenvalue weighted by Gasteiger charge is -2.10. The summed E-state index contributed by atoms with van der Waals surface area (Å²) in [4.78, 5) is 0. The van der Waals surface area contributed by atoms with Gasteiger partial charge in [0.1, 0.15) is 15.6 Å². The van der Waals surface area contributed by atoms with Crippen LogP contribution < -0.4 is 10.1 Å². The molecule has 0 saturated carbocycles. The first-order valence-electron chi connectivity index (χ1n) is 7.31. The van der Waals surface area contributed by atoms with Crippen molar-refractivity contribution in [2.24, 2.45) is 0 Å². The van der Waals surface area contributed by atoms with Crippen LogP contribution in [-0.4, -0.2) is 33.1 Å². The van der Waals surface area contributed by atoms with Crippen molar-refractivity contribution in [3.05, 3.63) is 28.2 Å². The van der Waals surface area contributed by atoms with Crippen LogP contribution in [0, 0.1) is 0 Å². The Labute approximate surface area is 136 Å². The summed E-state index contributed by atoms with van der Waals surface area (Å²) in [6.45, 7) is 6.05. The van der Waals surface area contributed by atoms with Crippen molar-refractivity contribution in [1.29, 1.82) is 0 Å². The van der Waals surface area contributed by atoms with Crippen molar-refractivity contribution in [2.45, 2.75) is 33.2 Å². The van der Waals surface area contributed by atoms with Gasteiger partial charge in [-0.3, -0.25) is 0 Å². The lowest BCUT2D eigenvalue weighted by molar-refractivity contribution is 0.315. The Kier molecular flexibility index (Phi) is 8.29. The van der Waals surface area contributed by atoms with Gasteiger partial charge in [-0.2, -0.15) is 0 Å². The molecular formula is C15H24BrNO3S. The molecule has 0 heterocycles. The summed E-state index contributed by atoms with van der Waals surface area (Å²) in [6, 6.07) is 5.97. The first-order chi connectivity index (χ1) is 9.98. The number of rotatable bonds is 10. The molecule has 1 N–H and O–H groups in total. The SMILES string of the molecule is CCCNCc1ccc(OCCCS(=O)(=O)CC)c(Br)c1. The topological polar surface area (TPSA) is 55.4 Å². The summed E-state index contributed by atoms with van der Waals surface area (Å²) in [5, 5.41) is 3.35. The van der Waals surface area contributed by atoms with Gasteiger partial charge in [0.2, 0.25) is 0 Å². The molecule has 0 amide bonds. The Balaban J connectivity index is 2.42. The molecule has 6 heteroatoms. The summed E-state index contributed by atoms with van der Waals surface area (Å²) in [6.07, 6.45) is 1.63. The smallest absolute Gasteiger partial charge is 0.150 e. The quantitative estimate of drug-likeness (QED) is 0.636. The van der Waals surface area contributed by atoms with Gasteiger partial charge >= 0.3 is 0 Å². The zero-order valence-electron chi connectivity index (χ0n) is 12.7. The second-order valence-electron chi connectivity index (χ2n) is 4.88. The van der Waals surface area contributed by atoms with E-state index < -0.39 is 9.84 Å². The minimum absolute atomic E-state index is 0.181. The lowest BCUT2D eigenvalue weighted by atomic mass is 10.2. The molecule has 0 fully saturated rings. The fourth-order valence-corrected chi connectivity index (χ4v) is 3.17. The van der Waals surface area contributed by atoms with Crippen LogP contribution in [0.15, 0.2) is 22.7 Å². The van der Waals surface area contributed by atoms with Gasteiger partial charge in [0.25, 0.3) is 0 Å². The standard InChI is InChI=1S/C15H24BrNO3S/c1-3-8-17-12-13-6-7-15(14(16)11-13)20-9-5-10-21(18,19)4-2/h6-7,11,17H,3-5,8-10,12H2,1-2H3. The number of hydrogen-bond acceptors (Lipinski definition) is 4. The van der Waals surface area contributed by atoms with Gasteiger partial charge in [0, 0.05) is 12.3 Å². The molecule has 1 aromatic rings. The fraction of sp³-hybridized carbons (Fsp3) is 0.600. The average molecular weight is 378 g/mol. The van der Waals surface area contributed by atoms with Gasteiger partial charge in [0.05, 0.1) is 16.8 Å². The molecular weight excluding hydrogens is 354 g/mol. The van der Waals surface area contributed by atoms with Crippen LogP contribution in [0.2, 0.25) is 0 Å². The maximum Gasteiger partial charge on any atom is 0.150 e. The summed E-state index contributed by atoms with van der Waals surface area (Å²) in [5.41, 5.74) is 1.19. The predicted molar refractivity (Wildman–Crippen MR) is 90.6 cm³/mol. The van der Waals surface area contributed by atoms with Crippen LogP contribution in [0.5, 0.6) is 5.75 Å². The van der Waals surface area contributed by atoms with Crippen molar-refractivity contribution in [3.63, 3.8) is 0 Å². The largest absolute Gasteiger partial charge is 0.492 e. The number of halogens is 1. The Bertz CT molecular complexity index is 532. The Hall–Kier alpha value is -0.590. The van der Waals surface area contributed by atoms with Crippen LogP contribution in [-0.2, 0) is 16.4 Å². The normalized spacial score (nSPS) is 11.6. The van der Waals surface area contributed by atoms with Crippen molar-refractivity contribution in [2.75, 3.05) is 24.7 Å². The van der Waals surface area contributed by atoms with E-state index in [0.29, 0.717) is 13.0 Å². The van der Waals surface area contributed by atoms with E-state index in [2.05, 4.69) is 28.2 Å². The highest BCUT2D eigenvalue weighted by Gasteiger charge is 2.08. The van der Waals surface area contributed by atoms with Gasteiger partial charge in [-0.25, -0.2) is 8.42 Å². The lowest BCUT2D eigenvalue weighted by Crippen LogP contribution is -2.14. The molecule has 120 valence electrons. The third-order valence-corrected chi connectivity index (χ3v) is 5.46. The zero-order valence-corrected chi connectivity index (χ0v) is 15.1. The maximum absolute atomic E-state index is 11.4.